The molecule has 2 fully saturated rings. The number of likely N-dealkylation sites (tertiary alicyclic amines) is 1. The Bertz CT molecular complexity index is 856. The molecule has 2 heterocycles. The van der Waals surface area contributed by atoms with Crippen molar-refractivity contribution in [1.29, 1.82) is 0 Å². The zero-order chi connectivity index (χ0) is 17.8. The third-order valence-electron chi connectivity index (χ3n) is 6.07. The summed E-state index contributed by atoms with van der Waals surface area (Å²) in [6.45, 7) is 0.242. The van der Waals surface area contributed by atoms with Crippen LogP contribution in [-0.4, -0.2) is 55.8 Å². The Kier molecular flexibility index (Phi) is 3.68. The Hall–Kier alpha value is -1.89. The van der Waals surface area contributed by atoms with E-state index in [-0.39, 0.29) is 30.7 Å². The number of fused-ring (bicyclic) bond motifs is 1. The van der Waals surface area contributed by atoms with Crippen LogP contribution in [0.4, 0.5) is 0 Å². The van der Waals surface area contributed by atoms with E-state index in [2.05, 4.69) is 11.4 Å². The molecular formula is C18H22N2O4S. The molecule has 1 aliphatic carbocycles. The molecule has 2 aliphatic heterocycles. The quantitative estimate of drug-likeness (QED) is 0.833. The molecule has 3 aliphatic rings. The van der Waals surface area contributed by atoms with Crippen molar-refractivity contribution >= 4 is 21.7 Å². The van der Waals surface area contributed by atoms with Gasteiger partial charge >= 0.3 is 0 Å². The Morgan fingerprint density at radius 2 is 2.00 bits per heavy atom. The van der Waals surface area contributed by atoms with Crippen LogP contribution in [0, 0.1) is 5.92 Å². The predicted molar refractivity (Wildman–Crippen MR) is 93.1 cm³/mol. The van der Waals surface area contributed by atoms with E-state index in [0.717, 1.165) is 24.8 Å². The van der Waals surface area contributed by atoms with E-state index < -0.39 is 20.5 Å². The van der Waals surface area contributed by atoms with Crippen LogP contribution in [0.2, 0.25) is 0 Å². The SMILES string of the molecule is CNC(=O)C1CCS(=O)(=O)C12CN(C(=O)c1cccc3c1CCC3)C2. The van der Waals surface area contributed by atoms with E-state index in [1.54, 1.807) is 4.90 Å². The van der Waals surface area contributed by atoms with E-state index in [1.165, 1.54) is 12.6 Å². The average molecular weight is 362 g/mol. The van der Waals surface area contributed by atoms with Crippen molar-refractivity contribution in [2.75, 3.05) is 25.9 Å². The van der Waals surface area contributed by atoms with Crippen LogP contribution in [0.25, 0.3) is 0 Å². The van der Waals surface area contributed by atoms with Crippen LogP contribution < -0.4 is 5.32 Å². The van der Waals surface area contributed by atoms with Crippen LogP contribution in [0.5, 0.6) is 0 Å². The van der Waals surface area contributed by atoms with E-state index in [0.29, 0.717) is 12.0 Å². The highest BCUT2D eigenvalue weighted by Crippen LogP contribution is 2.45. The lowest BCUT2D eigenvalue weighted by Crippen LogP contribution is -2.69. The number of carbonyl (C=O) groups excluding carboxylic acids is 2. The fourth-order valence-electron chi connectivity index (χ4n) is 4.65. The second kappa shape index (κ2) is 5.56. The summed E-state index contributed by atoms with van der Waals surface area (Å²) in [4.78, 5) is 26.6. The number of amides is 2. The van der Waals surface area contributed by atoms with Crippen molar-refractivity contribution in [2.24, 2.45) is 5.92 Å². The molecule has 0 bridgehead atoms. The number of hydrogen-bond acceptors (Lipinski definition) is 4. The maximum absolute atomic E-state index is 12.9. The first kappa shape index (κ1) is 16.6. The van der Waals surface area contributed by atoms with Gasteiger partial charge in [0.15, 0.2) is 9.84 Å². The summed E-state index contributed by atoms with van der Waals surface area (Å²) in [7, 11) is -1.85. The van der Waals surface area contributed by atoms with Crippen LogP contribution in [0.3, 0.4) is 0 Å². The molecule has 6 nitrogen and oxygen atoms in total. The normalized spacial score (nSPS) is 25.5. The van der Waals surface area contributed by atoms with Gasteiger partial charge in [-0.25, -0.2) is 8.42 Å². The molecule has 1 N–H and O–H groups in total. The molecule has 4 rings (SSSR count). The molecule has 1 unspecified atom stereocenters. The molecule has 7 heteroatoms. The number of hydrogen-bond donors (Lipinski definition) is 1. The van der Waals surface area contributed by atoms with Crippen LogP contribution in [0.15, 0.2) is 18.2 Å². The van der Waals surface area contributed by atoms with Crippen molar-refractivity contribution in [3.8, 4) is 0 Å². The van der Waals surface area contributed by atoms with Crippen LogP contribution in [-0.2, 0) is 27.5 Å². The zero-order valence-corrected chi connectivity index (χ0v) is 15.1. The van der Waals surface area contributed by atoms with Gasteiger partial charge in [-0.15, -0.1) is 0 Å². The van der Waals surface area contributed by atoms with Gasteiger partial charge in [0.05, 0.1) is 11.7 Å². The van der Waals surface area contributed by atoms with Gasteiger partial charge in [-0.3, -0.25) is 9.59 Å². The van der Waals surface area contributed by atoms with Crippen LogP contribution in [0.1, 0.15) is 34.3 Å². The maximum atomic E-state index is 12.9. The average Bonchev–Trinajstić information content (AvgIpc) is 3.13. The van der Waals surface area contributed by atoms with E-state index in [9.17, 15) is 18.0 Å². The minimum Gasteiger partial charge on any atom is -0.359 e. The molecule has 0 saturated carbocycles. The maximum Gasteiger partial charge on any atom is 0.254 e. The number of nitrogens with one attached hydrogen (secondary N) is 1. The lowest BCUT2D eigenvalue weighted by atomic mass is 9.82. The highest BCUT2D eigenvalue weighted by atomic mass is 32.2. The summed E-state index contributed by atoms with van der Waals surface area (Å²) < 4.78 is 24.0. The first-order valence-corrected chi connectivity index (χ1v) is 10.4. The van der Waals surface area contributed by atoms with Crippen molar-refractivity contribution in [2.45, 2.75) is 30.4 Å². The van der Waals surface area contributed by atoms with Gasteiger partial charge in [0.25, 0.3) is 5.91 Å². The standard InChI is InChI=1S/C18H22N2O4S/c1-19-16(21)15-8-9-25(23,24)18(15)10-20(11-18)17(22)14-7-3-5-12-4-2-6-13(12)14/h3,5,7,15H,2,4,6,8-11H2,1H3,(H,19,21). The second-order valence-corrected chi connectivity index (χ2v) is 9.75. The zero-order valence-electron chi connectivity index (χ0n) is 14.2. The number of sulfone groups is 1. The first-order chi connectivity index (χ1) is 11.9. The molecule has 1 spiro atoms. The Labute approximate surface area is 147 Å². The molecule has 1 aromatic rings. The Morgan fingerprint density at radius 1 is 1.24 bits per heavy atom. The molecule has 1 atom stereocenters. The van der Waals surface area contributed by atoms with Gasteiger partial charge in [-0.2, -0.15) is 0 Å². The monoisotopic (exact) mass is 362 g/mol. The summed E-state index contributed by atoms with van der Waals surface area (Å²) in [5.41, 5.74) is 3.01. The van der Waals surface area contributed by atoms with E-state index in [1.807, 2.05) is 12.1 Å². The van der Waals surface area contributed by atoms with Crippen molar-refractivity contribution < 1.29 is 18.0 Å². The lowest BCUT2D eigenvalue weighted by Gasteiger charge is -2.49. The van der Waals surface area contributed by atoms with Crippen molar-refractivity contribution in [3.63, 3.8) is 0 Å². The minimum atomic E-state index is -3.37. The molecule has 0 aromatic heterocycles. The van der Waals surface area contributed by atoms with Gasteiger partial charge in [0.2, 0.25) is 5.91 Å². The van der Waals surface area contributed by atoms with E-state index >= 15 is 0 Å². The highest BCUT2D eigenvalue weighted by molar-refractivity contribution is 7.93. The molecule has 1 aromatic carbocycles. The Morgan fingerprint density at radius 3 is 2.72 bits per heavy atom. The smallest absolute Gasteiger partial charge is 0.254 e. The predicted octanol–water partition coefficient (Wildman–Crippen LogP) is 0.551. The highest BCUT2D eigenvalue weighted by Gasteiger charge is 2.64. The molecule has 0 radical (unpaired) electrons. The number of nitrogens with zero attached hydrogens (tertiary/aromatic N) is 1. The molecule has 2 saturated heterocycles. The first-order valence-electron chi connectivity index (χ1n) is 8.73. The van der Waals surface area contributed by atoms with Crippen LogP contribution >= 0.6 is 0 Å². The lowest BCUT2D eigenvalue weighted by molar-refractivity contribution is -0.126. The summed E-state index contributed by atoms with van der Waals surface area (Å²) in [5.74, 6) is -0.891. The molecule has 2 amide bonds. The van der Waals surface area contributed by atoms with Crippen molar-refractivity contribution in [1.82, 2.24) is 10.2 Å². The van der Waals surface area contributed by atoms with Gasteiger partial charge in [-0.1, -0.05) is 12.1 Å². The summed E-state index contributed by atoms with van der Waals surface area (Å²) >= 11 is 0. The number of aryl methyl sites for hydroxylation is 1. The number of rotatable bonds is 2. The fourth-order valence-corrected chi connectivity index (χ4v) is 6.97. The third kappa shape index (κ3) is 2.25. The van der Waals surface area contributed by atoms with E-state index in [4.69, 9.17) is 0 Å². The Balaban J connectivity index is 1.59. The topological polar surface area (TPSA) is 83.6 Å². The largest absolute Gasteiger partial charge is 0.359 e. The second-order valence-electron chi connectivity index (χ2n) is 7.30. The van der Waals surface area contributed by atoms with Gasteiger partial charge in [0.1, 0.15) is 4.75 Å². The minimum absolute atomic E-state index is 0.0217. The summed E-state index contributed by atoms with van der Waals surface area (Å²) in [6, 6.07) is 5.78. The molecule has 25 heavy (non-hydrogen) atoms. The van der Waals surface area contributed by atoms with Gasteiger partial charge < -0.3 is 10.2 Å². The summed E-state index contributed by atoms with van der Waals surface area (Å²) in [6.07, 6.45) is 3.28. The summed E-state index contributed by atoms with van der Waals surface area (Å²) in [5, 5.41) is 2.57. The third-order valence-corrected chi connectivity index (χ3v) is 8.63. The number of benzene rings is 1. The van der Waals surface area contributed by atoms with Crippen molar-refractivity contribution in [3.05, 3.63) is 34.9 Å². The fraction of sp³-hybridized carbons (Fsp3) is 0.556. The molecular weight excluding hydrogens is 340 g/mol. The number of carbonyl (C=O) groups is 2. The van der Waals surface area contributed by atoms with Gasteiger partial charge in [-0.05, 0) is 42.9 Å². The molecule has 134 valence electrons. The van der Waals surface area contributed by atoms with Gasteiger partial charge in [0, 0.05) is 25.7 Å².